The van der Waals surface area contributed by atoms with Crippen LogP contribution in [-0.2, 0) is 6.18 Å². The van der Waals surface area contributed by atoms with E-state index < -0.39 is 11.7 Å². The lowest BCUT2D eigenvalue weighted by Crippen LogP contribution is -2.06. The fourth-order valence-corrected chi connectivity index (χ4v) is 2.51. The Hall–Kier alpha value is -3.15. The number of ketones is 1. The van der Waals surface area contributed by atoms with Gasteiger partial charge in [0.05, 0.1) is 23.2 Å². The van der Waals surface area contributed by atoms with E-state index in [1.807, 2.05) is 0 Å². The highest BCUT2D eigenvalue weighted by molar-refractivity contribution is 5.95. The number of alkyl halides is 3. The molecule has 0 amide bonds. The molecule has 0 unspecified atom stereocenters. The Bertz CT molecular complexity index is 971. The molecule has 0 spiro atoms. The van der Waals surface area contributed by atoms with Crippen molar-refractivity contribution in [3.05, 3.63) is 83.7 Å². The van der Waals surface area contributed by atoms with Gasteiger partial charge in [-0.05, 0) is 49.4 Å². The molecule has 6 heteroatoms. The summed E-state index contributed by atoms with van der Waals surface area (Å²) in [5.41, 5.74) is 1.45. The molecule has 0 radical (unpaired) electrons. The quantitative estimate of drug-likeness (QED) is 0.452. The number of benzene rings is 2. The van der Waals surface area contributed by atoms with Gasteiger partial charge in [0.25, 0.3) is 0 Å². The molecule has 0 aliphatic carbocycles. The zero-order valence-electron chi connectivity index (χ0n) is 13.9. The maximum Gasteiger partial charge on any atom is 0.416 e. The Morgan fingerprint density at radius 1 is 1.04 bits per heavy atom. The summed E-state index contributed by atoms with van der Waals surface area (Å²) in [6, 6.07) is 15.4. The van der Waals surface area contributed by atoms with E-state index in [9.17, 15) is 18.0 Å². The summed E-state index contributed by atoms with van der Waals surface area (Å²) < 4.78 is 40.4. The number of aliphatic imine (C=N–C) groups is 1. The average molecular weight is 356 g/mol. The molecule has 3 aromatic rings. The summed E-state index contributed by atoms with van der Waals surface area (Å²) in [6.45, 7) is 1.47. The van der Waals surface area contributed by atoms with Crippen LogP contribution in [0, 0.1) is 0 Å². The smallest absolute Gasteiger partial charge is 0.316 e. The van der Waals surface area contributed by atoms with Crippen molar-refractivity contribution in [2.75, 3.05) is 0 Å². The minimum absolute atomic E-state index is 0.0607. The van der Waals surface area contributed by atoms with Gasteiger partial charge in [0.2, 0.25) is 0 Å². The molecule has 1 heterocycles. The second-order valence-corrected chi connectivity index (χ2v) is 5.72. The second kappa shape index (κ2) is 7.00. The Morgan fingerprint density at radius 2 is 1.81 bits per heavy atom. The standard InChI is InChI=1S/C20H15F3N2O/c1-14(26)15-5-2-7-17(11-15)24-13-19-9-4-10-25(19)18-8-3-6-16(12-18)20(21,22)23/h2-13H,1H3. The van der Waals surface area contributed by atoms with Gasteiger partial charge in [-0.3, -0.25) is 9.79 Å². The van der Waals surface area contributed by atoms with Crippen LogP contribution in [0.5, 0.6) is 0 Å². The topological polar surface area (TPSA) is 34.4 Å². The Kier molecular flexibility index (Phi) is 4.75. The zero-order chi connectivity index (χ0) is 18.7. The molecule has 26 heavy (non-hydrogen) atoms. The molecule has 0 saturated heterocycles. The number of hydrogen-bond acceptors (Lipinski definition) is 2. The molecule has 3 rings (SSSR count). The number of nitrogens with zero attached hydrogens (tertiary/aromatic N) is 2. The number of rotatable bonds is 4. The van der Waals surface area contributed by atoms with Crippen molar-refractivity contribution in [3.63, 3.8) is 0 Å². The molecule has 2 aromatic carbocycles. The monoisotopic (exact) mass is 356 g/mol. The van der Waals surface area contributed by atoms with Crippen molar-refractivity contribution >= 4 is 17.7 Å². The highest BCUT2D eigenvalue weighted by atomic mass is 19.4. The molecule has 0 fully saturated rings. The van der Waals surface area contributed by atoms with Crippen molar-refractivity contribution in [2.45, 2.75) is 13.1 Å². The molecule has 0 aliphatic rings. The van der Waals surface area contributed by atoms with E-state index in [-0.39, 0.29) is 5.78 Å². The van der Waals surface area contributed by atoms with Gasteiger partial charge >= 0.3 is 6.18 Å². The van der Waals surface area contributed by atoms with Crippen molar-refractivity contribution in [1.29, 1.82) is 0 Å². The summed E-state index contributed by atoms with van der Waals surface area (Å²) in [5.74, 6) is -0.0607. The molecule has 0 saturated carbocycles. The predicted molar refractivity (Wildman–Crippen MR) is 94.5 cm³/mol. The van der Waals surface area contributed by atoms with Crippen LogP contribution >= 0.6 is 0 Å². The van der Waals surface area contributed by atoms with Crippen LogP contribution in [0.4, 0.5) is 18.9 Å². The molecule has 0 N–H and O–H groups in total. The number of aromatic nitrogens is 1. The fraction of sp³-hybridized carbons (Fsp3) is 0.100. The first-order chi connectivity index (χ1) is 12.3. The third-order valence-corrected chi connectivity index (χ3v) is 3.83. The Labute approximate surface area is 148 Å². The molecule has 0 aliphatic heterocycles. The molecule has 1 aromatic heterocycles. The van der Waals surface area contributed by atoms with Crippen LogP contribution in [0.2, 0.25) is 0 Å². The highest BCUT2D eigenvalue weighted by Crippen LogP contribution is 2.30. The van der Waals surface area contributed by atoms with Gasteiger partial charge in [0, 0.05) is 17.4 Å². The maximum absolute atomic E-state index is 12.9. The van der Waals surface area contributed by atoms with E-state index in [0.29, 0.717) is 22.6 Å². The number of carbonyl (C=O) groups is 1. The third-order valence-electron chi connectivity index (χ3n) is 3.83. The van der Waals surface area contributed by atoms with Crippen LogP contribution in [-0.4, -0.2) is 16.6 Å². The van der Waals surface area contributed by atoms with Crippen molar-refractivity contribution < 1.29 is 18.0 Å². The largest absolute Gasteiger partial charge is 0.416 e. The molecule has 0 bridgehead atoms. The molecule has 0 atom stereocenters. The van der Waals surface area contributed by atoms with Crippen molar-refractivity contribution in [1.82, 2.24) is 4.57 Å². The zero-order valence-corrected chi connectivity index (χ0v) is 13.9. The van der Waals surface area contributed by atoms with E-state index in [2.05, 4.69) is 4.99 Å². The first-order valence-electron chi connectivity index (χ1n) is 7.85. The summed E-state index contributed by atoms with van der Waals surface area (Å²) in [7, 11) is 0. The summed E-state index contributed by atoms with van der Waals surface area (Å²) in [5, 5.41) is 0. The van der Waals surface area contributed by atoms with Crippen LogP contribution < -0.4 is 0 Å². The lowest BCUT2D eigenvalue weighted by atomic mass is 10.1. The molecular weight excluding hydrogens is 341 g/mol. The normalized spacial score (nSPS) is 11.8. The predicted octanol–water partition coefficient (Wildman–Crippen LogP) is 5.45. The van der Waals surface area contributed by atoms with Gasteiger partial charge < -0.3 is 4.57 Å². The Balaban J connectivity index is 1.92. The van der Waals surface area contributed by atoms with Crippen molar-refractivity contribution in [3.8, 4) is 5.69 Å². The van der Waals surface area contributed by atoms with E-state index in [0.717, 1.165) is 12.1 Å². The SMILES string of the molecule is CC(=O)c1cccc(N=Cc2cccn2-c2cccc(C(F)(F)F)c2)c1. The van der Waals surface area contributed by atoms with Crippen LogP contribution in [0.15, 0.2) is 71.9 Å². The number of hydrogen-bond donors (Lipinski definition) is 0. The van der Waals surface area contributed by atoms with Crippen LogP contribution in [0.25, 0.3) is 5.69 Å². The first-order valence-corrected chi connectivity index (χ1v) is 7.85. The lowest BCUT2D eigenvalue weighted by molar-refractivity contribution is -0.137. The molecule has 3 nitrogen and oxygen atoms in total. The molecule has 132 valence electrons. The molecular formula is C20H15F3N2O. The van der Waals surface area contributed by atoms with E-state index in [1.54, 1.807) is 59.4 Å². The number of carbonyl (C=O) groups excluding carboxylic acids is 1. The van der Waals surface area contributed by atoms with Gasteiger partial charge in [-0.1, -0.05) is 18.2 Å². The summed E-state index contributed by atoms with van der Waals surface area (Å²) >= 11 is 0. The van der Waals surface area contributed by atoms with E-state index in [1.165, 1.54) is 13.0 Å². The van der Waals surface area contributed by atoms with Gasteiger partial charge in [0.1, 0.15) is 0 Å². The van der Waals surface area contributed by atoms with Gasteiger partial charge in [0.15, 0.2) is 5.78 Å². The minimum Gasteiger partial charge on any atom is -0.316 e. The summed E-state index contributed by atoms with van der Waals surface area (Å²) in [4.78, 5) is 15.8. The van der Waals surface area contributed by atoms with Gasteiger partial charge in [-0.2, -0.15) is 13.2 Å². The highest BCUT2D eigenvalue weighted by Gasteiger charge is 2.30. The summed E-state index contributed by atoms with van der Waals surface area (Å²) in [6.07, 6.45) is -1.17. The van der Waals surface area contributed by atoms with E-state index in [4.69, 9.17) is 0 Å². The lowest BCUT2D eigenvalue weighted by Gasteiger charge is -2.11. The Morgan fingerprint density at radius 3 is 2.54 bits per heavy atom. The fourth-order valence-electron chi connectivity index (χ4n) is 2.51. The van der Waals surface area contributed by atoms with Crippen LogP contribution in [0.1, 0.15) is 28.5 Å². The van der Waals surface area contributed by atoms with Crippen molar-refractivity contribution in [2.24, 2.45) is 4.99 Å². The second-order valence-electron chi connectivity index (χ2n) is 5.72. The van der Waals surface area contributed by atoms with Gasteiger partial charge in [-0.25, -0.2) is 0 Å². The first kappa shape index (κ1) is 17.7. The average Bonchev–Trinajstić information content (AvgIpc) is 3.08. The number of Topliss-reactive ketones (excluding diaryl/α,β-unsaturated/α-hetero) is 1. The van der Waals surface area contributed by atoms with Gasteiger partial charge in [-0.15, -0.1) is 0 Å². The number of halogens is 3. The van der Waals surface area contributed by atoms with Crippen LogP contribution in [0.3, 0.4) is 0 Å². The maximum atomic E-state index is 12.9. The van der Waals surface area contributed by atoms with E-state index >= 15 is 0 Å². The minimum atomic E-state index is -4.40. The third kappa shape index (κ3) is 3.91.